The van der Waals surface area contributed by atoms with Gasteiger partial charge in [-0.15, -0.1) is 0 Å². The van der Waals surface area contributed by atoms with Gasteiger partial charge in [0, 0.05) is 17.0 Å². The van der Waals surface area contributed by atoms with E-state index in [-0.39, 0.29) is 0 Å². The standard InChI is InChI=1S/C18H11N/c1-3-11-7-8-12-4-2-6-15-17(12)16(11)13(5-1)14-9-10-19-18(14)15/h1-10,19H. The second-order valence-electron chi connectivity index (χ2n) is 5.14. The largest absolute Gasteiger partial charge is 0.361 e. The van der Waals surface area contributed by atoms with Gasteiger partial charge in [-0.1, -0.05) is 48.5 Å². The first-order valence-corrected chi connectivity index (χ1v) is 6.56. The summed E-state index contributed by atoms with van der Waals surface area (Å²) in [5.74, 6) is 0. The van der Waals surface area contributed by atoms with Crippen LogP contribution in [0.15, 0.2) is 60.8 Å². The van der Waals surface area contributed by atoms with Gasteiger partial charge in [0.25, 0.3) is 0 Å². The summed E-state index contributed by atoms with van der Waals surface area (Å²) in [4.78, 5) is 3.40. The van der Waals surface area contributed by atoms with E-state index in [0.717, 1.165) is 0 Å². The van der Waals surface area contributed by atoms with Gasteiger partial charge in [-0.05, 0) is 33.0 Å². The Bertz CT molecular complexity index is 969. The van der Waals surface area contributed by atoms with Crippen molar-refractivity contribution >= 4 is 43.2 Å². The molecule has 1 aromatic heterocycles. The number of hydrogen-bond acceptors (Lipinski definition) is 0. The van der Waals surface area contributed by atoms with Crippen molar-refractivity contribution in [3.8, 4) is 0 Å². The topological polar surface area (TPSA) is 15.8 Å². The van der Waals surface area contributed by atoms with Crippen LogP contribution >= 0.6 is 0 Å². The van der Waals surface area contributed by atoms with Crippen LogP contribution in [0.5, 0.6) is 0 Å². The molecule has 0 atom stereocenters. The highest BCUT2D eigenvalue weighted by Gasteiger charge is 2.12. The maximum Gasteiger partial charge on any atom is 0.0540 e. The summed E-state index contributed by atoms with van der Waals surface area (Å²) in [5, 5.41) is 9.40. The minimum absolute atomic E-state index is 1.25. The van der Waals surface area contributed by atoms with E-state index in [1.807, 2.05) is 6.20 Å². The maximum atomic E-state index is 3.40. The Morgan fingerprint density at radius 1 is 0.579 bits per heavy atom. The van der Waals surface area contributed by atoms with E-state index in [2.05, 4.69) is 59.6 Å². The zero-order valence-corrected chi connectivity index (χ0v) is 10.3. The predicted octanol–water partition coefficient (Wildman–Crippen LogP) is 5.07. The molecule has 0 aliphatic carbocycles. The zero-order chi connectivity index (χ0) is 12.4. The molecule has 0 saturated carbocycles. The van der Waals surface area contributed by atoms with E-state index in [4.69, 9.17) is 0 Å². The number of fused-ring (bicyclic) bond motifs is 3. The third-order valence-electron chi connectivity index (χ3n) is 4.19. The van der Waals surface area contributed by atoms with Crippen molar-refractivity contribution in [3.63, 3.8) is 0 Å². The lowest BCUT2D eigenvalue weighted by Gasteiger charge is -2.12. The summed E-state index contributed by atoms with van der Waals surface area (Å²) in [6, 6.07) is 19.8. The molecule has 5 aromatic rings. The monoisotopic (exact) mass is 241 g/mol. The second kappa shape index (κ2) is 3.07. The van der Waals surface area contributed by atoms with Crippen LogP contribution in [0.3, 0.4) is 0 Å². The lowest BCUT2D eigenvalue weighted by Crippen LogP contribution is -1.85. The van der Waals surface area contributed by atoms with Crippen LogP contribution in [0.1, 0.15) is 0 Å². The lowest BCUT2D eigenvalue weighted by molar-refractivity contribution is 1.49. The number of rotatable bonds is 0. The molecule has 1 N–H and O–H groups in total. The molecule has 0 saturated heterocycles. The Morgan fingerprint density at radius 3 is 2.05 bits per heavy atom. The van der Waals surface area contributed by atoms with Crippen molar-refractivity contribution < 1.29 is 0 Å². The van der Waals surface area contributed by atoms with Gasteiger partial charge in [0.2, 0.25) is 0 Å². The summed E-state index contributed by atoms with van der Waals surface area (Å²) >= 11 is 0. The first-order chi connectivity index (χ1) is 9.43. The van der Waals surface area contributed by atoms with E-state index in [1.165, 1.54) is 43.2 Å². The highest BCUT2D eigenvalue weighted by Crippen LogP contribution is 2.39. The third kappa shape index (κ3) is 1.02. The molecular weight excluding hydrogens is 230 g/mol. The summed E-state index contributed by atoms with van der Waals surface area (Å²) in [5.41, 5.74) is 1.25. The minimum Gasteiger partial charge on any atom is -0.361 e. The van der Waals surface area contributed by atoms with Crippen molar-refractivity contribution in [2.45, 2.75) is 0 Å². The van der Waals surface area contributed by atoms with Crippen LogP contribution < -0.4 is 0 Å². The number of H-pyrrole nitrogens is 1. The van der Waals surface area contributed by atoms with Crippen LogP contribution in [0.2, 0.25) is 0 Å². The van der Waals surface area contributed by atoms with E-state index in [9.17, 15) is 0 Å². The number of benzene rings is 4. The molecule has 88 valence electrons. The Morgan fingerprint density at radius 2 is 1.26 bits per heavy atom. The molecule has 0 fully saturated rings. The fraction of sp³-hybridized carbons (Fsp3) is 0. The van der Waals surface area contributed by atoms with E-state index >= 15 is 0 Å². The SMILES string of the molecule is c1cc2ccc3cccc4c5[nH]ccc5c(c1)c2c34. The third-order valence-corrected chi connectivity index (χ3v) is 4.19. The van der Waals surface area contributed by atoms with Crippen LogP contribution in [0.25, 0.3) is 43.2 Å². The average molecular weight is 241 g/mol. The van der Waals surface area contributed by atoms with Gasteiger partial charge in [0.15, 0.2) is 0 Å². The van der Waals surface area contributed by atoms with Crippen molar-refractivity contribution in [2.24, 2.45) is 0 Å². The Kier molecular flexibility index (Phi) is 1.52. The smallest absolute Gasteiger partial charge is 0.0540 e. The molecule has 19 heavy (non-hydrogen) atoms. The molecule has 0 radical (unpaired) electrons. The molecule has 0 aliphatic rings. The summed E-state index contributed by atoms with van der Waals surface area (Å²) in [7, 11) is 0. The van der Waals surface area contributed by atoms with Gasteiger partial charge in [0.1, 0.15) is 0 Å². The highest BCUT2D eigenvalue weighted by molar-refractivity contribution is 6.32. The summed E-state index contributed by atoms with van der Waals surface area (Å²) in [6.45, 7) is 0. The molecule has 5 rings (SSSR count). The van der Waals surface area contributed by atoms with Gasteiger partial charge in [-0.3, -0.25) is 0 Å². The van der Waals surface area contributed by atoms with Gasteiger partial charge in [-0.2, -0.15) is 0 Å². The molecule has 0 aliphatic heterocycles. The van der Waals surface area contributed by atoms with Gasteiger partial charge in [-0.25, -0.2) is 0 Å². The number of aromatic nitrogens is 1. The fourth-order valence-electron chi connectivity index (χ4n) is 3.41. The molecule has 0 unspecified atom stereocenters. The second-order valence-corrected chi connectivity index (χ2v) is 5.14. The van der Waals surface area contributed by atoms with E-state index in [1.54, 1.807) is 0 Å². The van der Waals surface area contributed by atoms with Gasteiger partial charge in [0.05, 0.1) is 5.52 Å². The van der Waals surface area contributed by atoms with Gasteiger partial charge >= 0.3 is 0 Å². The fourth-order valence-corrected chi connectivity index (χ4v) is 3.41. The summed E-state index contributed by atoms with van der Waals surface area (Å²) in [6.07, 6.45) is 2.04. The van der Waals surface area contributed by atoms with Gasteiger partial charge < -0.3 is 4.98 Å². The quantitative estimate of drug-likeness (QED) is 0.364. The van der Waals surface area contributed by atoms with E-state index in [0.29, 0.717) is 0 Å². The molecule has 4 aromatic carbocycles. The number of aromatic amines is 1. The lowest BCUT2D eigenvalue weighted by atomic mass is 9.92. The van der Waals surface area contributed by atoms with Crippen molar-refractivity contribution in [1.82, 2.24) is 4.98 Å². The van der Waals surface area contributed by atoms with Crippen LogP contribution in [0.4, 0.5) is 0 Å². The Hall–Kier alpha value is -2.54. The van der Waals surface area contributed by atoms with Crippen LogP contribution in [-0.4, -0.2) is 4.98 Å². The molecule has 0 amide bonds. The molecule has 1 heteroatoms. The van der Waals surface area contributed by atoms with Crippen molar-refractivity contribution in [3.05, 3.63) is 60.8 Å². The summed E-state index contributed by atoms with van der Waals surface area (Å²) < 4.78 is 0. The number of hydrogen-bond donors (Lipinski definition) is 1. The Labute approximate surface area is 109 Å². The normalized spacial score (nSPS) is 12.2. The highest BCUT2D eigenvalue weighted by atomic mass is 14.7. The molecule has 1 nitrogen and oxygen atoms in total. The first-order valence-electron chi connectivity index (χ1n) is 6.56. The average Bonchev–Trinajstić information content (AvgIpc) is 2.95. The van der Waals surface area contributed by atoms with Crippen LogP contribution in [0, 0.1) is 0 Å². The van der Waals surface area contributed by atoms with Crippen LogP contribution in [-0.2, 0) is 0 Å². The molecule has 1 heterocycles. The molecular formula is C18H11N. The first kappa shape index (κ1) is 9.40. The van der Waals surface area contributed by atoms with Crippen molar-refractivity contribution in [1.29, 1.82) is 0 Å². The molecule has 0 spiro atoms. The maximum absolute atomic E-state index is 3.40. The van der Waals surface area contributed by atoms with E-state index < -0.39 is 0 Å². The predicted molar refractivity (Wildman–Crippen MR) is 82.0 cm³/mol. The Balaban J connectivity index is 2.36. The van der Waals surface area contributed by atoms with Crippen molar-refractivity contribution in [2.75, 3.05) is 0 Å². The zero-order valence-electron chi connectivity index (χ0n) is 10.3. The minimum atomic E-state index is 1.25. The number of nitrogens with one attached hydrogen (secondary N) is 1. The molecule has 0 bridgehead atoms.